The summed E-state index contributed by atoms with van der Waals surface area (Å²) in [6.07, 6.45) is 4.28. The van der Waals surface area contributed by atoms with Crippen molar-refractivity contribution >= 4 is 27.5 Å². The Morgan fingerprint density at radius 3 is 2.64 bits per heavy atom. The van der Waals surface area contributed by atoms with Gasteiger partial charge in [-0.15, -0.1) is 0 Å². The van der Waals surface area contributed by atoms with Crippen LogP contribution in [0.15, 0.2) is 35.4 Å². The zero-order chi connectivity index (χ0) is 18.0. The molecule has 2 aromatic rings. The molecular weight excluding hydrogens is 345 g/mol. The van der Waals surface area contributed by atoms with Crippen LogP contribution in [0.5, 0.6) is 0 Å². The highest BCUT2D eigenvalue weighted by Crippen LogP contribution is 2.26. The van der Waals surface area contributed by atoms with E-state index in [2.05, 4.69) is 22.2 Å². The zero-order valence-electron chi connectivity index (χ0n) is 13.8. The third-order valence-corrected chi connectivity index (χ3v) is 5.17. The molecule has 0 aliphatic carbocycles. The Bertz CT molecular complexity index is 857. The lowest BCUT2D eigenvalue weighted by Gasteiger charge is -2.34. The van der Waals surface area contributed by atoms with E-state index in [9.17, 15) is 12.8 Å². The van der Waals surface area contributed by atoms with Gasteiger partial charge in [-0.2, -0.15) is 4.98 Å². The van der Waals surface area contributed by atoms with Gasteiger partial charge < -0.3 is 10.2 Å². The molecule has 134 valence electrons. The van der Waals surface area contributed by atoms with Gasteiger partial charge in [-0.3, -0.25) is 0 Å². The van der Waals surface area contributed by atoms with E-state index in [0.717, 1.165) is 32.0 Å². The summed E-state index contributed by atoms with van der Waals surface area (Å²) < 4.78 is 36.7. The van der Waals surface area contributed by atoms with Crippen LogP contribution < -0.4 is 15.4 Å². The van der Waals surface area contributed by atoms with Crippen molar-refractivity contribution in [3.8, 4) is 0 Å². The largest absolute Gasteiger partial charge is 0.351 e. The lowest BCUT2D eigenvalue weighted by Crippen LogP contribution is -2.38. The number of nitrogens with zero attached hydrogens (tertiary/aromatic N) is 3. The van der Waals surface area contributed by atoms with Gasteiger partial charge in [0.25, 0.3) is 0 Å². The topological polar surface area (TPSA) is 101 Å². The molecule has 9 heteroatoms. The van der Waals surface area contributed by atoms with Gasteiger partial charge in [0.1, 0.15) is 0 Å². The first-order valence-electron chi connectivity index (χ1n) is 8.03. The van der Waals surface area contributed by atoms with Crippen LogP contribution in [-0.4, -0.2) is 31.0 Å². The minimum absolute atomic E-state index is 0.0147. The Kier molecular flexibility index (Phi) is 4.87. The van der Waals surface area contributed by atoms with Crippen molar-refractivity contribution in [1.29, 1.82) is 0 Å². The fourth-order valence-corrected chi connectivity index (χ4v) is 3.41. The number of halogens is 1. The summed E-state index contributed by atoms with van der Waals surface area (Å²) in [5.74, 6) is 0.0762. The number of benzene rings is 1. The summed E-state index contributed by atoms with van der Waals surface area (Å²) >= 11 is 0. The summed E-state index contributed by atoms with van der Waals surface area (Å²) in [4.78, 5) is 10.2. The fourth-order valence-electron chi connectivity index (χ4n) is 2.89. The third-order valence-electron chi connectivity index (χ3n) is 4.24. The first-order chi connectivity index (χ1) is 11.8. The van der Waals surface area contributed by atoms with Crippen LogP contribution in [0.1, 0.15) is 26.2 Å². The number of rotatable bonds is 4. The Morgan fingerprint density at radius 2 is 2.00 bits per heavy atom. The second-order valence-corrected chi connectivity index (χ2v) is 7.66. The van der Waals surface area contributed by atoms with Crippen LogP contribution >= 0.6 is 0 Å². The van der Waals surface area contributed by atoms with E-state index in [1.54, 1.807) is 12.1 Å². The number of primary sulfonamides is 1. The number of hydrogen-bond donors (Lipinski definition) is 2. The monoisotopic (exact) mass is 365 g/mol. The molecule has 1 aliphatic heterocycles. The van der Waals surface area contributed by atoms with E-state index >= 15 is 0 Å². The fraction of sp³-hybridized carbons (Fsp3) is 0.375. The molecule has 1 saturated heterocycles. The van der Waals surface area contributed by atoms with Crippen molar-refractivity contribution < 1.29 is 12.8 Å². The lowest BCUT2D eigenvalue weighted by molar-refractivity contribution is 0.470. The molecule has 1 aromatic heterocycles. The van der Waals surface area contributed by atoms with Crippen molar-refractivity contribution in [2.45, 2.75) is 37.1 Å². The first-order valence-corrected chi connectivity index (χ1v) is 9.58. The SMILES string of the molecule is C[C@@H]1CCCCN1c1nc(Nc2ccc(S(N)(=O)=O)cc2)ncc1F. The van der Waals surface area contributed by atoms with Crippen molar-refractivity contribution in [1.82, 2.24) is 9.97 Å². The predicted octanol–water partition coefficient (Wildman–Crippen LogP) is 2.39. The second-order valence-electron chi connectivity index (χ2n) is 6.10. The van der Waals surface area contributed by atoms with Crippen LogP contribution in [0.4, 0.5) is 21.8 Å². The maximum absolute atomic E-state index is 14.2. The standard InChI is InChI=1S/C16H20FN5O2S/c1-11-4-2-3-9-22(11)15-14(17)10-19-16(21-15)20-12-5-7-13(8-6-12)25(18,23)24/h5-8,10-11H,2-4,9H2,1H3,(H2,18,23,24)(H,19,20,21)/t11-/m1/s1. The quantitative estimate of drug-likeness (QED) is 0.863. The van der Waals surface area contributed by atoms with Gasteiger partial charge >= 0.3 is 0 Å². The molecule has 1 aliphatic rings. The average molecular weight is 365 g/mol. The van der Waals surface area contributed by atoms with Crippen molar-refractivity contribution in [3.63, 3.8) is 0 Å². The van der Waals surface area contributed by atoms with Crippen molar-refractivity contribution in [3.05, 3.63) is 36.3 Å². The second kappa shape index (κ2) is 6.93. The normalized spacial score (nSPS) is 18.2. The summed E-state index contributed by atoms with van der Waals surface area (Å²) in [5.41, 5.74) is 0.580. The summed E-state index contributed by atoms with van der Waals surface area (Å²) in [6, 6.07) is 6.09. The summed E-state index contributed by atoms with van der Waals surface area (Å²) in [5, 5.41) is 8.02. The number of aromatic nitrogens is 2. The number of hydrogen-bond acceptors (Lipinski definition) is 6. The van der Waals surface area contributed by atoms with E-state index in [4.69, 9.17) is 5.14 Å². The molecule has 1 aromatic carbocycles. The predicted molar refractivity (Wildman–Crippen MR) is 93.7 cm³/mol. The van der Waals surface area contributed by atoms with Gasteiger partial charge in [0.05, 0.1) is 11.1 Å². The molecule has 0 amide bonds. The first kappa shape index (κ1) is 17.6. The average Bonchev–Trinajstić information content (AvgIpc) is 2.57. The van der Waals surface area contributed by atoms with E-state index in [1.165, 1.54) is 12.1 Å². The molecule has 2 heterocycles. The molecule has 1 atom stereocenters. The number of anilines is 3. The van der Waals surface area contributed by atoms with Gasteiger partial charge in [-0.25, -0.2) is 22.9 Å². The number of piperidine rings is 1. The van der Waals surface area contributed by atoms with E-state index < -0.39 is 15.8 Å². The van der Waals surface area contributed by atoms with Crippen LogP contribution in [0.2, 0.25) is 0 Å². The Balaban J connectivity index is 1.82. The molecule has 0 unspecified atom stereocenters. The Morgan fingerprint density at radius 1 is 1.28 bits per heavy atom. The zero-order valence-corrected chi connectivity index (χ0v) is 14.6. The maximum atomic E-state index is 14.2. The molecule has 25 heavy (non-hydrogen) atoms. The highest BCUT2D eigenvalue weighted by molar-refractivity contribution is 7.89. The molecule has 1 fully saturated rings. The van der Waals surface area contributed by atoms with Crippen LogP contribution in [0.25, 0.3) is 0 Å². The Hall–Kier alpha value is -2.26. The smallest absolute Gasteiger partial charge is 0.238 e. The van der Waals surface area contributed by atoms with E-state index in [0.29, 0.717) is 5.69 Å². The van der Waals surface area contributed by atoms with Crippen LogP contribution in [0.3, 0.4) is 0 Å². The van der Waals surface area contributed by atoms with Crippen molar-refractivity contribution in [2.75, 3.05) is 16.8 Å². The highest BCUT2D eigenvalue weighted by atomic mass is 32.2. The third kappa shape index (κ3) is 4.05. The number of nitrogens with two attached hydrogens (primary N) is 1. The molecule has 0 bridgehead atoms. The number of sulfonamides is 1. The molecular formula is C16H20FN5O2S. The minimum atomic E-state index is -3.74. The van der Waals surface area contributed by atoms with E-state index in [1.807, 2.05) is 4.90 Å². The highest BCUT2D eigenvalue weighted by Gasteiger charge is 2.23. The number of nitrogens with one attached hydrogen (secondary N) is 1. The van der Waals surface area contributed by atoms with Crippen LogP contribution in [-0.2, 0) is 10.0 Å². The molecule has 3 rings (SSSR count). The maximum Gasteiger partial charge on any atom is 0.238 e. The van der Waals surface area contributed by atoms with Gasteiger partial charge in [0.2, 0.25) is 16.0 Å². The Labute approximate surface area is 146 Å². The van der Waals surface area contributed by atoms with Crippen molar-refractivity contribution in [2.24, 2.45) is 5.14 Å². The van der Waals surface area contributed by atoms with Gasteiger partial charge in [0, 0.05) is 18.3 Å². The molecule has 7 nitrogen and oxygen atoms in total. The summed E-state index contributed by atoms with van der Waals surface area (Å²) in [7, 11) is -3.74. The minimum Gasteiger partial charge on any atom is -0.351 e. The van der Waals surface area contributed by atoms with Gasteiger partial charge in [-0.05, 0) is 50.5 Å². The molecule has 0 radical (unpaired) electrons. The van der Waals surface area contributed by atoms with Gasteiger partial charge in [-0.1, -0.05) is 0 Å². The summed E-state index contributed by atoms with van der Waals surface area (Å²) in [6.45, 7) is 2.82. The van der Waals surface area contributed by atoms with Gasteiger partial charge in [0.15, 0.2) is 11.6 Å². The molecule has 3 N–H and O–H groups in total. The van der Waals surface area contributed by atoms with Crippen LogP contribution in [0, 0.1) is 5.82 Å². The molecule has 0 saturated carbocycles. The van der Waals surface area contributed by atoms with E-state index in [-0.39, 0.29) is 22.7 Å². The lowest BCUT2D eigenvalue weighted by atomic mass is 10.0. The molecule has 0 spiro atoms.